The summed E-state index contributed by atoms with van der Waals surface area (Å²) in [4.78, 5) is 4.24. The monoisotopic (exact) mass is 180 g/mol. The quantitative estimate of drug-likeness (QED) is 0.755. The van der Waals surface area contributed by atoms with Gasteiger partial charge in [-0.25, -0.2) is 4.98 Å². The highest BCUT2D eigenvalue weighted by Gasteiger charge is 2.48. The third-order valence-electron chi connectivity index (χ3n) is 3.08. The zero-order chi connectivity index (χ0) is 7.97. The number of nitrogens with zero attached hydrogens (tertiary/aromatic N) is 1. The van der Waals surface area contributed by atoms with Gasteiger partial charge in [0.25, 0.3) is 0 Å². The van der Waals surface area contributed by atoms with Crippen molar-refractivity contribution >= 4 is 16.5 Å². The molecule has 2 saturated carbocycles. The van der Waals surface area contributed by atoms with Crippen LogP contribution in [0.5, 0.6) is 0 Å². The molecule has 0 bridgehead atoms. The summed E-state index contributed by atoms with van der Waals surface area (Å²) < 4.78 is 0. The molecule has 3 atom stereocenters. The first-order valence-corrected chi connectivity index (χ1v) is 5.47. The van der Waals surface area contributed by atoms with Gasteiger partial charge in [0.1, 0.15) is 0 Å². The highest BCUT2D eigenvalue weighted by Crippen LogP contribution is 2.52. The van der Waals surface area contributed by atoms with Crippen LogP contribution < -0.4 is 5.32 Å². The van der Waals surface area contributed by atoms with Gasteiger partial charge in [-0.3, -0.25) is 0 Å². The minimum absolute atomic E-state index is 0.737. The van der Waals surface area contributed by atoms with E-state index in [-0.39, 0.29) is 0 Å². The molecule has 3 unspecified atom stereocenters. The van der Waals surface area contributed by atoms with Crippen LogP contribution in [0.4, 0.5) is 5.13 Å². The number of thiazole rings is 1. The van der Waals surface area contributed by atoms with Crippen LogP contribution in [-0.4, -0.2) is 11.0 Å². The molecule has 1 aromatic heterocycles. The third kappa shape index (κ3) is 1.04. The van der Waals surface area contributed by atoms with Gasteiger partial charge >= 0.3 is 0 Å². The van der Waals surface area contributed by atoms with E-state index in [0.29, 0.717) is 0 Å². The highest BCUT2D eigenvalue weighted by atomic mass is 32.1. The molecular formula is C9H12N2S. The molecular weight excluding hydrogens is 168 g/mol. The van der Waals surface area contributed by atoms with Crippen LogP contribution in [0.3, 0.4) is 0 Å². The number of hydrogen-bond acceptors (Lipinski definition) is 3. The number of rotatable bonds is 2. The molecule has 3 heteroatoms. The lowest BCUT2D eigenvalue weighted by Gasteiger charge is -2.12. The standard InChI is InChI=1S/C9H12N2S/c1-2-8(7-5-6(1)7)11-9-10-3-4-12-9/h3-4,6-8H,1-2,5H2,(H,10,11). The summed E-state index contributed by atoms with van der Waals surface area (Å²) in [6.45, 7) is 0. The van der Waals surface area contributed by atoms with Gasteiger partial charge in [-0.1, -0.05) is 0 Å². The molecule has 1 N–H and O–H groups in total. The van der Waals surface area contributed by atoms with Gasteiger partial charge in [0.05, 0.1) is 0 Å². The minimum Gasteiger partial charge on any atom is -0.359 e. The molecule has 1 heterocycles. The Labute approximate surface area is 76.0 Å². The maximum atomic E-state index is 4.24. The predicted octanol–water partition coefficient (Wildman–Crippen LogP) is 2.35. The fraction of sp³-hybridized carbons (Fsp3) is 0.667. The fourth-order valence-electron chi connectivity index (χ4n) is 2.34. The van der Waals surface area contributed by atoms with Crippen LogP contribution in [0.1, 0.15) is 19.3 Å². The van der Waals surface area contributed by atoms with Gasteiger partial charge in [0.15, 0.2) is 5.13 Å². The minimum atomic E-state index is 0.737. The van der Waals surface area contributed by atoms with Crippen molar-refractivity contribution in [3.8, 4) is 0 Å². The van der Waals surface area contributed by atoms with Crippen molar-refractivity contribution in [2.24, 2.45) is 11.8 Å². The van der Waals surface area contributed by atoms with Crippen LogP contribution in [0.25, 0.3) is 0 Å². The Bertz CT molecular complexity index is 270. The van der Waals surface area contributed by atoms with Crippen LogP contribution in [-0.2, 0) is 0 Å². The maximum Gasteiger partial charge on any atom is 0.182 e. The molecule has 0 amide bonds. The molecule has 0 aromatic carbocycles. The van der Waals surface area contributed by atoms with E-state index in [1.165, 1.54) is 19.3 Å². The van der Waals surface area contributed by atoms with Crippen molar-refractivity contribution in [2.45, 2.75) is 25.3 Å². The van der Waals surface area contributed by atoms with E-state index >= 15 is 0 Å². The molecule has 0 spiro atoms. The molecule has 1 aromatic rings. The fourth-order valence-corrected chi connectivity index (χ4v) is 2.93. The van der Waals surface area contributed by atoms with Gasteiger partial charge in [0, 0.05) is 17.6 Å². The molecule has 2 aliphatic carbocycles. The smallest absolute Gasteiger partial charge is 0.182 e. The van der Waals surface area contributed by atoms with E-state index in [9.17, 15) is 0 Å². The number of nitrogens with one attached hydrogen (secondary N) is 1. The first-order chi connectivity index (χ1) is 5.93. The van der Waals surface area contributed by atoms with Crippen molar-refractivity contribution < 1.29 is 0 Å². The van der Waals surface area contributed by atoms with Crippen LogP contribution in [0.15, 0.2) is 11.6 Å². The second-order valence-electron chi connectivity index (χ2n) is 3.83. The number of fused-ring (bicyclic) bond motifs is 1. The first kappa shape index (κ1) is 6.89. The second-order valence-corrected chi connectivity index (χ2v) is 4.72. The molecule has 12 heavy (non-hydrogen) atoms. The lowest BCUT2D eigenvalue weighted by molar-refractivity contribution is 0.654. The molecule has 3 rings (SSSR count). The average molecular weight is 180 g/mol. The summed E-state index contributed by atoms with van der Waals surface area (Å²) in [7, 11) is 0. The molecule has 0 radical (unpaired) electrons. The van der Waals surface area contributed by atoms with E-state index in [4.69, 9.17) is 0 Å². The van der Waals surface area contributed by atoms with Gasteiger partial charge in [-0.15, -0.1) is 11.3 Å². The lowest BCUT2D eigenvalue weighted by atomic mass is 10.2. The summed E-state index contributed by atoms with van der Waals surface area (Å²) in [5, 5.41) is 6.65. The predicted molar refractivity (Wildman–Crippen MR) is 50.4 cm³/mol. The first-order valence-electron chi connectivity index (χ1n) is 4.59. The Morgan fingerprint density at radius 2 is 2.50 bits per heavy atom. The van der Waals surface area contributed by atoms with E-state index in [2.05, 4.69) is 10.3 Å². The lowest BCUT2D eigenvalue weighted by Crippen LogP contribution is -2.18. The van der Waals surface area contributed by atoms with E-state index < -0.39 is 0 Å². The number of hydrogen-bond donors (Lipinski definition) is 1. The van der Waals surface area contributed by atoms with Crippen molar-refractivity contribution in [3.05, 3.63) is 11.6 Å². The molecule has 2 nitrogen and oxygen atoms in total. The summed E-state index contributed by atoms with van der Waals surface area (Å²) in [5.41, 5.74) is 0. The van der Waals surface area contributed by atoms with Crippen molar-refractivity contribution in [1.82, 2.24) is 4.98 Å². The van der Waals surface area contributed by atoms with E-state index in [0.717, 1.165) is 23.0 Å². The Morgan fingerprint density at radius 1 is 1.50 bits per heavy atom. The van der Waals surface area contributed by atoms with Crippen molar-refractivity contribution in [1.29, 1.82) is 0 Å². The summed E-state index contributed by atoms with van der Waals surface area (Å²) in [5.74, 6) is 2.04. The molecule has 0 saturated heterocycles. The zero-order valence-electron chi connectivity index (χ0n) is 6.86. The number of aromatic nitrogens is 1. The normalized spacial score (nSPS) is 37.8. The summed E-state index contributed by atoms with van der Waals surface area (Å²) in [6.07, 6.45) is 6.12. The third-order valence-corrected chi connectivity index (χ3v) is 3.79. The van der Waals surface area contributed by atoms with Crippen LogP contribution in [0, 0.1) is 11.8 Å². The van der Waals surface area contributed by atoms with Gasteiger partial charge < -0.3 is 5.32 Å². The van der Waals surface area contributed by atoms with Gasteiger partial charge in [0.2, 0.25) is 0 Å². The topological polar surface area (TPSA) is 24.9 Å². The van der Waals surface area contributed by atoms with Gasteiger partial charge in [-0.05, 0) is 31.1 Å². The Morgan fingerprint density at radius 3 is 3.08 bits per heavy atom. The molecule has 64 valence electrons. The van der Waals surface area contributed by atoms with E-state index in [1.807, 2.05) is 11.6 Å². The second kappa shape index (κ2) is 2.46. The summed E-state index contributed by atoms with van der Waals surface area (Å²) in [6, 6.07) is 0.737. The highest BCUT2D eigenvalue weighted by molar-refractivity contribution is 7.13. The maximum absolute atomic E-state index is 4.24. The van der Waals surface area contributed by atoms with Crippen LogP contribution >= 0.6 is 11.3 Å². The molecule has 0 aliphatic heterocycles. The molecule has 2 fully saturated rings. The Balaban J connectivity index is 1.68. The Hall–Kier alpha value is -0.570. The van der Waals surface area contributed by atoms with Gasteiger partial charge in [-0.2, -0.15) is 0 Å². The Kier molecular flexibility index (Phi) is 1.41. The van der Waals surface area contributed by atoms with Crippen molar-refractivity contribution in [3.63, 3.8) is 0 Å². The van der Waals surface area contributed by atoms with Crippen LogP contribution in [0.2, 0.25) is 0 Å². The summed E-state index contributed by atoms with van der Waals surface area (Å²) >= 11 is 1.71. The van der Waals surface area contributed by atoms with E-state index in [1.54, 1.807) is 11.3 Å². The SMILES string of the molecule is c1csc(NC2CCC3CC32)n1. The molecule has 2 aliphatic rings. The number of anilines is 1. The zero-order valence-corrected chi connectivity index (χ0v) is 7.68. The largest absolute Gasteiger partial charge is 0.359 e. The van der Waals surface area contributed by atoms with Crippen molar-refractivity contribution in [2.75, 3.05) is 5.32 Å². The average Bonchev–Trinajstić information content (AvgIpc) is 2.54.